The standard InChI is InChI=1S/C26H30N6O/c1-16(2)28-13-19(12-27)24-11-18-5-4-6-21(22(18)14-29-24)26-23-15-31(17(3)33)10-9-25(23)32(30-26)20-7-8-20/h4-6,11-14,16,20H,7-10,15,27H2,1-3H3/b19-12+,28-13?. The van der Waals surface area contributed by atoms with E-state index in [9.17, 15) is 4.79 Å². The molecular weight excluding hydrogens is 412 g/mol. The van der Waals surface area contributed by atoms with Crippen LogP contribution >= 0.6 is 0 Å². The van der Waals surface area contributed by atoms with Crippen LogP contribution in [0.2, 0.25) is 0 Å². The Hall–Kier alpha value is -3.48. The van der Waals surface area contributed by atoms with Gasteiger partial charge in [0.15, 0.2) is 0 Å². The summed E-state index contributed by atoms with van der Waals surface area (Å²) >= 11 is 0. The number of hydrogen-bond acceptors (Lipinski definition) is 5. The predicted molar refractivity (Wildman–Crippen MR) is 132 cm³/mol. The molecule has 33 heavy (non-hydrogen) atoms. The van der Waals surface area contributed by atoms with Crippen LogP contribution in [0.1, 0.15) is 56.6 Å². The number of allylic oxidation sites excluding steroid dienone is 1. The highest BCUT2D eigenvalue weighted by Crippen LogP contribution is 2.41. The highest BCUT2D eigenvalue weighted by Gasteiger charge is 2.33. The molecule has 1 aliphatic heterocycles. The number of aliphatic imine (C=N–C) groups is 1. The Kier molecular flexibility index (Phi) is 5.48. The van der Waals surface area contributed by atoms with Crippen LogP contribution in [0.3, 0.4) is 0 Å². The van der Waals surface area contributed by atoms with Gasteiger partial charge in [0.2, 0.25) is 5.91 Å². The fourth-order valence-electron chi connectivity index (χ4n) is 4.51. The third-order valence-electron chi connectivity index (χ3n) is 6.43. The number of fused-ring (bicyclic) bond motifs is 2. The number of carbonyl (C=O) groups is 1. The quantitative estimate of drug-likeness (QED) is 0.602. The SMILES string of the molecule is CC(=O)N1CCc2c(c(-c3cccc4cc(/C(C=NC(C)C)=C/N)ncc34)nn2C2CC2)C1. The molecule has 0 bridgehead atoms. The molecule has 1 fully saturated rings. The molecule has 0 spiro atoms. The third kappa shape index (κ3) is 4.03. The molecule has 0 radical (unpaired) electrons. The minimum atomic E-state index is 0.110. The minimum Gasteiger partial charge on any atom is -0.404 e. The van der Waals surface area contributed by atoms with Crippen molar-refractivity contribution in [1.29, 1.82) is 0 Å². The van der Waals surface area contributed by atoms with Gasteiger partial charge in [0, 0.05) is 78.9 Å². The molecule has 1 amide bonds. The number of nitrogens with two attached hydrogens (primary N) is 1. The minimum absolute atomic E-state index is 0.110. The number of hydrogen-bond donors (Lipinski definition) is 1. The molecule has 2 aromatic heterocycles. The fourth-order valence-corrected chi connectivity index (χ4v) is 4.51. The summed E-state index contributed by atoms with van der Waals surface area (Å²) in [5.74, 6) is 0.110. The summed E-state index contributed by atoms with van der Waals surface area (Å²) in [5, 5.41) is 7.20. The first-order valence-electron chi connectivity index (χ1n) is 11.7. The molecule has 170 valence electrons. The number of carbonyl (C=O) groups excluding carboxylic acids is 1. The van der Waals surface area contributed by atoms with Gasteiger partial charge in [0.25, 0.3) is 0 Å². The molecule has 0 unspecified atom stereocenters. The number of aromatic nitrogens is 3. The zero-order valence-corrected chi connectivity index (χ0v) is 19.5. The van der Waals surface area contributed by atoms with Crippen molar-refractivity contribution in [2.24, 2.45) is 10.7 Å². The molecular formula is C26H30N6O. The second kappa shape index (κ2) is 8.46. The maximum Gasteiger partial charge on any atom is 0.219 e. The highest BCUT2D eigenvalue weighted by molar-refractivity contribution is 6.10. The van der Waals surface area contributed by atoms with Gasteiger partial charge < -0.3 is 10.6 Å². The molecule has 3 aromatic rings. The Morgan fingerprint density at radius 2 is 2.12 bits per heavy atom. The summed E-state index contributed by atoms with van der Waals surface area (Å²) in [5.41, 5.74) is 11.9. The molecule has 3 heterocycles. The lowest BCUT2D eigenvalue weighted by Gasteiger charge is -2.27. The first kappa shape index (κ1) is 21.4. The number of rotatable bonds is 5. The number of amides is 1. The monoisotopic (exact) mass is 442 g/mol. The maximum atomic E-state index is 12.1. The second-order valence-corrected chi connectivity index (χ2v) is 9.23. The van der Waals surface area contributed by atoms with E-state index in [2.05, 4.69) is 33.9 Å². The van der Waals surface area contributed by atoms with E-state index in [1.54, 1.807) is 19.3 Å². The van der Waals surface area contributed by atoms with Crippen LogP contribution in [0.4, 0.5) is 0 Å². The Bertz CT molecular complexity index is 1280. The molecule has 1 aliphatic carbocycles. The summed E-state index contributed by atoms with van der Waals surface area (Å²) in [6.45, 7) is 7.07. The Balaban J connectivity index is 1.60. The summed E-state index contributed by atoms with van der Waals surface area (Å²) in [7, 11) is 0. The van der Waals surface area contributed by atoms with Crippen molar-refractivity contribution in [3.8, 4) is 11.3 Å². The van der Waals surface area contributed by atoms with E-state index in [0.29, 0.717) is 12.6 Å². The Morgan fingerprint density at radius 3 is 2.82 bits per heavy atom. The van der Waals surface area contributed by atoms with Crippen molar-refractivity contribution in [1.82, 2.24) is 19.7 Å². The van der Waals surface area contributed by atoms with Crippen LogP contribution in [0.5, 0.6) is 0 Å². The van der Waals surface area contributed by atoms with Crippen LogP contribution in [-0.4, -0.2) is 44.4 Å². The lowest BCUT2D eigenvalue weighted by atomic mass is 9.97. The fraction of sp³-hybridized carbons (Fsp3) is 0.385. The molecule has 5 rings (SSSR count). The van der Waals surface area contributed by atoms with Gasteiger partial charge >= 0.3 is 0 Å². The van der Waals surface area contributed by atoms with E-state index in [4.69, 9.17) is 15.8 Å². The van der Waals surface area contributed by atoms with Crippen LogP contribution in [0.15, 0.2) is 41.7 Å². The number of pyridine rings is 1. The summed E-state index contributed by atoms with van der Waals surface area (Å²) in [6, 6.07) is 8.99. The van der Waals surface area contributed by atoms with Crippen LogP contribution < -0.4 is 5.73 Å². The molecule has 2 N–H and O–H groups in total. The van der Waals surface area contributed by atoms with Crippen molar-refractivity contribution >= 4 is 28.5 Å². The Labute approximate surface area is 194 Å². The predicted octanol–water partition coefficient (Wildman–Crippen LogP) is 4.12. The van der Waals surface area contributed by atoms with Crippen LogP contribution in [-0.2, 0) is 17.8 Å². The van der Waals surface area contributed by atoms with E-state index in [1.165, 1.54) is 24.1 Å². The van der Waals surface area contributed by atoms with E-state index in [-0.39, 0.29) is 11.9 Å². The molecule has 0 saturated heterocycles. The molecule has 1 aromatic carbocycles. The summed E-state index contributed by atoms with van der Waals surface area (Å²) in [4.78, 5) is 23.2. The average molecular weight is 443 g/mol. The van der Waals surface area contributed by atoms with Gasteiger partial charge in [-0.25, -0.2) is 0 Å². The van der Waals surface area contributed by atoms with Gasteiger partial charge in [0.05, 0.1) is 17.4 Å². The average Bonchev–Trinajstić information content (AvgIpc) is 3.59. The lowest BCUT2D eigenvalue weighted by Crippen LogP contribution is -2.34. The smallest absolute Gasteiger partial charge is 0.219 e. The first-order chi connectivity index (χ1) is 16.0. The van der Waals surface area contributed by atoms with Crippen molar-refractivity contribution in [3.63, 3.8) is 0 Å². The third-order valence-corrected chi connectivity index (χ3v) is 6.43. The van der Waals surface area contributed by atoms with Crippen molar-refractivity contribution < 1.29 is 4.79 Å². The molecule has 1 saturated carbocycles. The molecule has 0 atom stereocenters. The van der Waals surface area contributed by atoms with Crippen LogP contribution in [0, 0.1) is 0 Å². The van der Waals surface area contributed by atoms with Gasteiger partial charge in [-0.05, 0) is 38.1 Å². The molecule has 7 nitrogen and oxygen atoms in total. The number of benzene rings is 1. The van der Waals surface area contributed by atoms with Crippen molar-refractivity contribution in [2.45, 2.75) is 58.7 Å². The van der Waals surface area contributed by atoms with Gasteiger partial charge in [-0.3, -0.25) is 19.5 Å². The highest BCUT2D eigenvalue weighted by atomic mass is 16.2. The lowest BCUT2D eigenvalue weighted by molar-refractivity contribution is -0.129. The number of nitrogens with zero attached hydrogens (tertiary/aromatic N) is 5. The van der Waals surface area contributed by atoms with Gasteiger partial charge in [-0.15, -0.1) is 0 Å². The van der Waals surface area contributed by atoms with E-state index < -0.39 is 0 Å². The normalized spacial score (nSPS) is 16.7. The molecule has 2 aliphatic rings. The first-order valence-corrected chi connectivity index (χ1v) is 11.7. The Morgan fingerprint density at radius 1 is 1.30 bits per heavy atom. The van der Waals surface area contributed by atoms with Crippen LogP contribution in [0.25, 0.3) is 27.6 Å². The van der Waals surface area contributed by atoms with Gasteiger partial charge in [0.1, 0.15) is 0 Å². The topological polar surface area (TPSA) is 89.4 Å². The van der Waals surface area contributed by atoms with E-state index in [0.717, 1.165) is 46.3 Å². The zero-order chi connectivity index (χ0) is 23.1. The summed E-state index contributed by atoms with van der Waals surface area (Å²) in [6.07, 6.45) is 8.44. The van der Waals surface area contributed by atoms with Gasteiger partial charge in [-0.1, -0.05) is 18.2 Å². The van der Waals surface area contributed by atoms with Crippen molar-refractivity contribution in [3.05, 3.63) is 53.6 Å². The second-order valence-electron chi connectivity index (χ2n) is 9.23. The van der Waals surface area contributed by atoms with E-state index in [1.807, 2.05) is 24.9 Å². The van der Waals surface area contributed by atoms with Crippen molar-refractivity contribution in [2.75, 3.05) is 6.54 Å². The largest absolute Gasteiger partial charge is 0.404 e. The summed E-state index contributed by atoms with van der Waals surface area (Å²) < 4.78 is 2.22. The molecule has 7 heteroatoms. The maximum absolute atomic E-state index is 12.1. The zero-order valence-electron chi connectivity index (χ0n) is 19.5. The van der Waals surface area contributed by atoms with E-state index >= 15 is 0 Å². The van der Waals surface area contributed by atoms with Gasteiger partial charge in [-0.2, -0.15) is 5.10 Å².